The van der Waals surface area contributed by atoms with E-state index in [1.165, 1.54) is 12.8 Å². The van der Waals surface area contributed by atoms with Crippen LogP contribution in [0.2, 0.25) is 0 Å². The number of nitrogens with two attached hydrogens (primary N) is 1. The van der Waals surface area contributed by atoms with Crippen molar-refractivity contribution >= 4 is 34.2 Å². The maximum absolute atomic E-state index is 6.44. The maximum atomic E-state index is 6.44. The molecule has 0 bridgehead atoms. The summed E-state index contributed by atoms with van der Waals surface area (Å²) in [5.41, 5.74) is 8.08. The number of para-hydroxylation sites is 1. The van der Waals surface area contributed by atoms with Crippen molar-refractivity contribution < 1.29 is 0 Å². The van der Waals surface area contributed by atoms with Crippen molar-refractivity contribution in [1.29, 1.82) is 0 Å². The second-order valence-corrected chi connectivity index (χ2v) is 7.57. The van der Waals surface area contributed by atoms with Crippen LogP contribution in [-0.4, -0.2) is 28.0 Å². The molecular formula is C19H21N5S. The van der Waals surface area contributed by atoms with Gasteiger partial charge >= 0.3 is 0 Å². The fourth-order valence-electron chi connectivity index (χ4n) is 3.35. The average molecular weight is 351 g/mol. The van der Waals surface area contributed by atoms with Crippen LogP contribution < -0.4 is 10.6 Å². The van der Waals surface area contributed by atoms with Crippen molar-refractivity contribution in [3.8, 4) is 0 Å². The first-order valence-electron chi connectivity index (χ1n) is 8.59. The Balaban J connectivity index is 1.68. The standard InChI is InChI=1S/C19H21N5S/c1-13-5-4-10-24(11-13)18-16(20)19(23-12-22-18)25-15-8-2-6-14-7-3-9-21-17(14)15/h2-3,6-9,12-13H,4-5,10-11,20H2,1H3. The number of nitrogen functional groups attached to an aromatic ring is 1. The zero-order valence-electron chi connectivity index (χ0n) is 14.2. The molecule has 1 aliphatic rings. The zero-order valence-corrected chi connectivity index (χ0v) is 15.0. The minimum absolute atomic E-state index is 0.662. The number of rotatable bonds is 3. The Morgan fingerprint density at radius 1 is 1.16 bits per heavy atom. The van der Waals surface area contributed by atoms with Crippen molar-refractivity contribution in [2.24, 2.45) is 5.92 Å². The van der Waals surface area contributed by atoms with Crippen molar-refractivity contribution in [2.45, 2.75) is 29.7 Å². The van der Waals surface area contributed by atoms with Crippen molar-refractivity contribution in [2.75, 3.05) is 23.7 Å². The first kappa shape index (κ1) is 16.1. The van der Waals surface area contributed by atoms with Gasteiger partial charge in [0.05, 0.1) is 5.52 Å². The lowest BCUT2D eigenvalue weighted by Crippen LogP contribution is -2.35. The molecular weight excluding hydrogens is 330 g/mol. The first-order valence-corrected chi connectivity index (χ1v) is 9.41. The largest absolute Gasteiger partial charge is 0.394 e. The second kappa shape index (κ2) is 6.88. The Labute approximate surface area is 151 Å². The fraction of sp³-hybridized carbons (Fsp3) is 0.316. The Bertz CT molecular complexity index is 893. The van der Waals surface area contributed by atoms with E-state index in [0.29, 0.717) is 11.6 Å². The van der Waals surface area contributed by atoms with Crippen LogP contribution >= 0.6 is 11.8 Å². The van der Waals surface area contributed by atoms with E-state index in [1.807, 2.05) is 18.3 Å². The second-order valence-electron chi connectivity index (χ2n) is 6.54. The van der Waals surface area contributed by atoms with E-state index in [4.69, 9.17) is 5.73 Å². The van der Waals surface area contributed by atoms with Crippen LogP contribution in [0.1, 0.15) is 19.8 Å². The minimum atomic E-state index is 0.662. The van der Waals surface area contributed by atoms with Gasteiger partial charge in [0, 0.05) is 29.6 Å². The lowest BCUT2D eigenvalue weighted by molar-refractivity contribution is 0.444. The summed E-state index contributed by atoms with van der Waals surface area (Å²) in [4.78, 5) is 16.7. The highest BCUT2D eigenvalue weighted by Crippen LogP contribution is 2.37. The molecule has 0 saturated carbocycles. The third-order valence-corrected chi connectivity index (χ3v) is 5.65. The summed E-state index contributed by atoms with van der Waals surface area (Å²) in [6.45, 7) is 4.29. The van der Waals surface area contributed by atoms with Crippen LogP contribution in [0.15, 0.2) is 52.8 Å². The molecule has 0 radical (unpaired) electrons. The average Bonchev–Trinajstić information content (AvgIpc) is 2.64. The molecule has 2 N–H and O–H groups in total. The molecule has 2 aromatic heterocycles. The molecule has 1 saturated heterocycles. The molecule has 6 heteroatoms. The van der Waals surface area contributed by atoms with E-state index >= 15 is 0 Å². The number of hydrogen-bond donors (Lipinski definition) is 1. The van der Waals surface area contributed by atoms with E-state index in [0.717, 1.165) is 39.7 Å². The lowest BCUT2D eigenvalue weighted by atomic mass is 10.0. The van der Waals surface area contributed by atoms with E-state index in [1.54, 1.807) is 18.1 Å². The van der Waals surface area contributed by atoms with Crippen LogP contribution in [-0.2, 0) is 0 Å². The summed E-state index contributed by atoms with van der Waals surface area (Å²) in [6, 6.07) is 10.2. The molecule has 1 aromatic carbocycles. The SMILES string of the molecule is CC1CCCN(c2ncnc(Sc3cccc4cccnc34)c2N)C1. The minimum Gasteiger partial charge on any atom is -0.394 e. The van der Waals surface area contributed by atoms with Crippen LogP contribution in [0.5, 0.6) is 0 Å². The number of aromatic nitrogens is 3. The Morgan fingerprint density at radius 3 is 2.92 bits per heavy atom. The first-order chi connectivity index (χ1) is 12.2. The van der Waals surface area contributed by atoms with Crippen molar-refractivity contribution in [1.82, 2.24) is 15.0 Å². The molecule has 1 unspecified atom stereocenters. The third kappa shape index (κ3) is 3.26. The molecule has 25 heavy (non-hydrogen) atoms. The molecule has 5 nitrogen and oxygen atoms in total. The molecule has 0 spiro atoms. The van der Waals surface area contributed by atoms with Crippen LogP contribution in [0, 0.1) is 5.92 Å². The van der Waals surface area contributed by atoms with Gasteiger partial charge in [-0.05, 0) is 30.9 Å². The van der Waals surface area contributed by atoms with E-state index < -0.39 is 0 Å². The highest BCUT2D eigenvalue weighted by Gasteiger charge is 2.21. The predicted octanol–water partition coefficient (Wildman–Crippen LogP) is 3.99. The fourth-order valence-corrected chi connectivity index (χ4v) is 4.27. The smallest absolute Gasteiger partial charge is 0.156 e. The summed E-state index contributed by atoms with van der Waals surface area (Å²) < 4.78 is 0. The van der Waals surface area contributed by atoms with Gasteiger partial charge < -0.3 is 10.6 Å². The molecule has 3 aromatic rings. The Morgan fingerprint density at radius 2 is 2.04 bits per heavy atom. The number of nitrogens with zero attached hydrogens (tertiary/aromatic N) is 4. The van der Waals surface area contributed by atoms with Gasteiger partial charge in [0.1, 0.15) is 17.0 Å². The summed E-state index contributed by atoms with van der Waals surface area (Å²) in [5.74, 6) is 1.53. The van der Waals surface area contributed by atoms with Gasteiger partial charge in [-0.15, -0.1) is 0 Å². The molecule has 128 valence electrons. The van der Waals surface area contributed by atoms with E-state index in [-0.39, 0.29) is 0 Å². The van der Waals surface area contributed by atoms with E-state index in [2.05, 4.69) is 45.0 Å². The van der Waals surface area contributed by atoms with Gasteiger partial charge in [0.15, 0.2) is 5.82 Å². The van der Waals surface area contributed by atoms with Gasteiger partial charge in [0.2, 0.25) is 0 Å². The van der Waals surface area contributed by atoms with Gasteiger partial charge in [0.25, 0.3) is 0 Å². The normalized spacial score (nSPS) is 17.8. The predicted molar refractivity (Wildman–Crippen MR) is 103 cm³/mol. The van der Waals surface area contributed by atoms with Gasteiger partial charge in [-0.2, -0.15) is 0 Å². The number of anilines is 2. The summed E-state index contributed by atoms with van der Waals surface area (Å²) >= 11 is 1.56. The van der Waals surface area contributed by atoms with Gasteiger partial charge in [-0.3, -0.25) is 4.98 Å². The molecule has 1 fully saturated rings. The summed E-state index contributed by atoms with van der Waals surface area (Å²) in [6.07, 6.45) is 5.88. The van der Waals surface area contributed by atoms with E-state index in [9.17, 15) is 0 Å². The summed E-state index contributed by atoms with van der Waals surface area (Å²) in [5, 5.41) is 1.91. The van der Waals surface area contributed by atoms with Crippen LogP contribution in [0.4, 0.5) is 11.5 Å². The quantitative estimate of drug-likeness (QED) is 0.720. The lowest BCUT2D eigenvalue weighted by Gasteiger charge is -2.32. The van der Waals surface area contributed by atoms with Crippen molar-refractivity contribution in [3.63, 3.8) is 0 Å². The third-order valence-electron chi connectivity index (χ3n) is 4.59. The molecule has 0 amide bonds. The monoisotopic (exact) mass is 351 g/mol. The summed E-state index contributed by atoms with van der Waals surface area (Å²) in [7, 11) is 0. The topological polar surface area (TPSA) is 67.9 Å². The Hall–Kier alpha value is -2.34. The number of piperidine rings is 1. The number of pyridine rings is 1. The number of hydrogen-bond acceptors (Lipinski definition) is 6. The van der Waals surface area contributed by atoms with Crippen molar-refractivity contribution in [3.05, 3.63) is 42.9 Å². The maximum Gasteiger partial charge on any atom is 0.156 e. The highest BCUT2D eigenvalue weighted by molar-refractivity contribution is 7.99. The molecule has 0 aliphatic carbocycles. The Kier molecular flexibility index (Phi) is 4.44. The number of benzene rings is 1. The molecule has 3 heterocycles. The van der Waals surface area contributed by atoms with Gasteiger partial charge in [-0.25, -0.2) is 9.97 Å². The van der Waals surface area contributed by atoms with Crippen LogP contribution in [0.25, 0.3) is 10.9 Å². The van der Waals surface area contributed by atoms with Crippen LogP contribution in [0.3, 0.4) is 0 Å². The van der Waals surface area contributed by atoms with Gasteiger partial charge in [-0.1, -0.05) is 36.9 Å². The molecule has 1 atom stereocenters. The number of fused-ring (bicyclic) bond motifs is 1. The zero-order chi connectivity index (χ0) is 17.2. The molecule has 1 aliphatic heterocycles. The molecule has 4 rings (SSSR count). The highest BCUT2D eigenvalue weighted by atomic mass is 32.2.